The van der Waals surface area contributed by atoms with Gasteiger partial charge in [-0.25, -0.2) is 4.79 Å². The summed E-state index contributed by atoms with van der Waals surface area (Å²) >= 11 is 0. The highest BCUT2D eigenvalue weighted by Gasteiger charge is 2.29. The summed E-state index contributed by atoms with van der Waals surface area (Å²) in [5, 5.41) is 12.2. The number of carbonyl (C=O) groups excluding carboxylic acids is 1. The molecule has 0 bridgehead atoms. The van der Waals surface area contributed by atoms with Gasteiger partial charge in [0.2, 0.25) is 5.91 Å². The summed E-state index contributed by atoms with van der Waals surface area (Å²) in [4.78, 5) is 40.7. The summed E-state index contributed by atoms with van der Waals surface area (Å²) in [5.41, 5.74) is 2.53. The second-order valence-electron chi connectivity index (χ2n) is 7.40. The molecule has 0 fully saturated rings. The van der Waals surface area contributed by atoms with Gasteiger partial charge in [0, 0.05) is 18.2 Å². The van der Waals surface area contributed by atoms with Crippen LogP contribution in [0.25, 0.3) is 11.3 Å². The fourth-order valence-electron chi connectivity index (χ4n) is 2.91. The van der Waals surface area contributed by atoms with Crippen LogP contribution in [0, 0.1) is 5.92 Å². The number of aromatic nitrogens is 1. The molecule has 8 heteroatoms. The Kier molecular flexibility index (Phi) is 9.09. The van der Waals surface area contributed by atoms with Crippen LogP contribution in [0.4, 0.5) is 0 Å². The van der Waals surface area contributed by atoms with Crippen LogP contribution in [-0.2, 0) is 16.0 Å². The van der Waals surface area contributed by atoms with Crippen molar-refractivity contribution in [2.75, 3.05) is 6.16 Å². The van der Waals surface area contributed by atoms with E-state index in [1.165, 1.54) is 0 Å². The second-order valence-corrected chi connectivity index (χ2v) is 8.78. The minimum absolute atomic E-state index is 0.134. The third-order valence-corrected chi connectivity index (χ3v) is 5.87. The number of carbonyl (C=O) groups is 2. The molecule has 7 nitrogen and oxygen atoms in total. The van der Waals surface area contributed by atoms with Crippen molar-refractivity contribution in [1.29, 1.82) is 0 Å². The van der Waals surface area contributed by atoms with Crippen molar-refractivity contribution in [3.8, 4) is 11.3 Å². The van der Waals surface area contributed by atoms with E-state index in [0.717, 1.165) is 16.8 Å². The van der Waals surface area contributed by atoms with Crippen LogP contribution < -0.4 is 10.2 Å². The number of rotatable bonds is 10. The summed E-state index contributed by atoms with van der Waals surface area (Å²) < 4.78 is 4.13. The average Bonchev–Trinajstić information content (AvgIpc) is 2.72. The van der Waals surface area contributed by atoms with E-state index < -0.39 is 31.9 Å². The third kappa shape index (κ3) is 7.01. The van der Waals surface area contributed by atoms with Crippen molar-refractivity contribution in [3.63, 3.8) is 0 Å². The van der Waals surface area contributed by atoms with Crippen molar-refractivity contribution < 1.29 is 19.6 Å². The minimum atomic E-state index is -1.84. The number of pyridine rings is 1. The summed E-state index contributed by atoms with van der Waals surface area (Å²) in [6.45, 7) is 5.50. The number of carboxylic acid groups (broad SMARTS) is 1. The molecule has 0 aliphatic rings. The van der Waals surface area contributed by atoms with E-state index in [4.69, 9.17) is 0 Å². The number of benzene rings is 1. The van der Waals surface area contributed by atoms with Crippen LogP contribution >= 0.6 is 7.94 Å². The molecule has 1 unspecified atom stereocenters. The molecule has 160 valence electrons. The molecule has 0 saturated carbocycles. The standard InChI is InChI=1S/C22H28N3O4P/c1-4-13-30(29)25-20(15(2)3)21(26)24-19(22(27)28)14-16-8-10-17(11-9-16)18-7-5-6-12-23-18/h5-12,15,19-20H,4,13-14H2,1-3H3,(H,24,26)(H,27,28)/t19-,20-/m0/s1. The van der Waals surface area contributed by atoms with E-state index in [1.54, 1.807) is 20.0 Å². The first-order chi connectivity index (χ1) is 14.3. The monoisotopic (exact) mass is 429 g/mol. The van der Waals surface area contributed by atoms with E-state index in [0.29, 0.717) is 12.6 Å². The number of aliphatic carboxylic acids is 1. The van der Waals surface area contributed by atoms with Gasteiger partial charge in [-0.2, -0.15) is 0 Å². The van der Waals surface area contributed by atoms with Crippen LogP contribution in [0.5, 0.6) is 0 Å². The van der Waals surface area contributed by atoms with Crippen molar-refractivity contribution in [3.05, 3.63) is 54.2 Å². The highest BCUT2D eigenvalue weighted by Crippen LogP contribution is 2.22. The Bertz CT molecular complexity index is 870. The molecule has 2 aromatic rings. The Morgan fingerprint density at radius 3 is 2.43 bits per heavy atom. The predicted octanol–water partition coefficient (Wildman–Crippen LogP) is 3.24. The summed E-state index contributed by atoms with van der Waals surface area (Å²) in [6, 6.07) is 11.1. The second kappa shape index (κ2) is 11.5. The zero-order chi connectivity index (χ0) is 22.1. The fraction of sp³-hybridized carbons (Fsp3) is 0.409. The molecule has 1 heterocycles. The van der Waals surface area contributed by atoms with Crippen LogP contribution in [0.3, 0.4) is 0 Å². The van der Waals surface area contributed by atoms with E-state index in [-0.39, 0.29) is 12.3 Å². The summed E-state index contributed by atoms with van der Waals surface area (Å²) in [6.07, 6.45) is 2.97. The molecule has 1 aromatic heterocycles. The molecule has 0 spiro atoms. The van der Waals surface area contributed by atoms with E-state index in [9.17, 15) is 19.6 Å². The number of carboxylic acids is 1. The van der Waals surface area contributed by atoms with Gasteiger partial charge in [0.1, 0.15) is 12.2 Å². The van der Waals surface area contributed by atoms with Crippen LogP contribution in [0.1, 0.15) is 32.8 Å². The van der Waals surface area contributed by atoms with Crippen LogP contribution in [-0.4, -0.2) is 40.2 Å². The van der Waals surface area contributed by atoms with Gasteiger partial charge in [-0.1, -0.05) is 51.1 Å². The minimum Gasteiger partial charge on any atom is -0.612 e. The Labute approximate surface area is 178 Å². The van der Waals surface area contributed by atoms with Gasteiger partial charge in [0.25, 0.3) is 0 Å². The molecule has 3 atom stereocenters. The topological polar surface area (TPSA) is 115 Å². The quantitative estimate of drug-likeness (QED) is 0.563. The Morgan fingerprint density at radius 1 is 1.20 bits per heavy atom. The number of nitrogens with zero attached hydrogens (tertiary/aromatic N) is 2. The molecular formula is C22H28N3O4P. The average molecular weight is 429 g/mol. The highest BCUT2D eigenvalue weighted by atomic mass is 31.1. The third-order valence-electron chi connectivity index (χ3n) is 4.54. The van der Waals surface area contributed by atoms with Gasteiger partial charge in [0.05, 0.1) is 5.69 Å². The van der Waals surface area contributed by atoms with Gasteiger partial charge in [-0.15, -0.1) is 4.74 Å². The van der Waals surface area contributed by atoms with Crippen molar-refractivity contribution in [2.24, 2.45) is 10.7 Å². The molecule has 30 heavy (non-hydrogen) atoms. The smallest absolute Gasteiger partial charge is 0.326 e. The first-order valence-electron chi connectivity index (χ1n) is 10.0. The largest absolute Gasteiger partial charge is 0.612 e. The molecule has 1 aromatic carbocycles. The van der Waals surface area contributed by atoms with Gasteiger partial charge >= 0.3 is 5.97 Å². The van der Waals surface area contributed by atoms with Crippen molar-refractivity contribution >= 4 is 19.8 Å². The number of hydrogen-bond donors (Lipinski definition) is 2. The molecule has 0 aliphatic carbocycles. The highest BCUT2D eigenvalue weighted by molar-refractivity contribution is 7.39. The maximum Gasteiger partial charge on any atom is 0.326 e. The SMILES string of the molecule is CCC[P+]([O-])=N[C@H](C(=O)N[C@@H](Cc1ccc(-c2ccccn2)cc1)C(=O)O)C(C)C. The zero-order valence-electron chi connectivity index (χ0n) is 17.5. The number of hydrogen-bond acceptors (Lipinski definition) is 5. The van der Waals surface area contributed by atoms with Gasteiger partial charge in [-0.3, -0.25) is 9.78 Å². The molecule has 2 N–H and O–H groups in total. The molecule has 2 rings (SSSR count). The Morgan fingerprint density at radius 2 is 1.90 bits per heavy atom. The molecule has 0 saturated heterocycles. The maximum atomic E-state index is 12.7. The van der Waals surface area contributed by atoms with E-state index in [2.05, 4.69) is 15.0 Å². The molecular weight excluding hydrogens is 401 g/mol. The molecule has 1 amide bonds. The fourth-order valence-corrected chi connectivity index (χ4v) is 4.06. The van der Waals surface area contributed by atoms with Gasteiger partial charge < -0.3 is 15.3 Å². The number of nitrogens with one attached hydrogen (secondary N) is 1. The lowest BCUT2D eigenvalue weighted by Gasteiger charge is -2.19. The summed E-state index contributed by atoms with van der Waals surface area (Å²) in [7, 11) is -1.84. The maximum absolute atomic E-state index is 12.7. The van der Waals surface area contributed by atoms with Crippen LogP contribution in [0.2, 0.25) is 0 Å². The predicted molar refractivity (Wildman–Crippen MR) is 116 cm³/mol. The van der Waals surface area contributed by atoms with Crippen molar-refractivity contribution in [2.45, 2.75) is 45.7 Å². The number of amides is 1. The van der Waals surface area contributed by atoms with E-state index in [1.807, 2.05) is 49.4 Å². The lowest BCUT2D eigenvalue weighted by atomic mass is 10.0. The zero-order valence-corrected chi connectivity index (χ0v) is 18.4. The van der Waals surface area contributed by atoms with Gasteiger partial charge in [-0.05, 0) is 30.0 Å². The summed E-state index contributed by atoms with van der Waals surface area (Å²) in [5.74, 6) is -1.83. The van der Waals surface area contributed by atoms with Crippen molar-refractivity contribution in [1.82, 2.24) is 10.3 Å². The van der Waals surface area contributed by atoms with Gasteiger partial charge in [0.15, 0.2) is 14.0 Å². The lowest BCUT2D eigenvalue weighted by Crippen LogP contribution is -2.47. The van der Waals surface area contributed by atoms with Crippen LogP contribution in [0.15, 0.2) is 53.4 Å². The normalized spacial score (nSPS) is 13.7. The molecule has 0 aliphatic heterocycles. The first kappa shape index (κ1) is 23.6. The Hall–Kier alpha value is -2.63. The Balaban J connectivity index is 2.11. The lowest BCUT2D eigenvalue weighted by molar-refractivity contribution is -0.156. The molecule has 0 radical (unpaired) electrons. The first-order valence-corrected chi connectivity index (χ1v) is 11.4. The van der Waals surface area contributed by atoms with E-state index >= 15 is 0 Å².